The van der Waals surface area contributed by atoms with Crippen molar-refractivity contribution < 1.29 is 0 Å². The molecule has 1 heterocycles. The first-order valence-corrected chi connectivity index (χ1v) is 6.17. The summed E-state index contributed by atoms with van der Waals surface area (Å²) in [6.07, 6.45) is 5.55. The second-order valence-corrected chi connectivity index (χ2v) is 5.37. The van der Waals surface area contributed by atoms with Crippen LogP contribution in [0.25, 0.3) is 0 Å². The molecule has 0 aromatic rings. The molecule has 1 N–H and O–H groups in total. The third kappa shape index (κ3) is 2.29. The first-order valence-electron chi connectivity index (χ1n) is 6.17. The SMILES string of the molecule is CC(C)(C1CC1)N1CCCNCCC1. The highest BCUT2D eigenvalue weighted by molar-refractivity contribution is 4.96. The molecule has 2 aliphatic rings. The average molecular weight is 196 g/mol. The van der Waals surface area contributed by atoms with Gasteiger partial charge in [0.1, 0.15) is 0 Å². The van der Waals surface area contributed by atoms with Gasteiger partial charge in [0, 0.05) is 5.54 Å². The van der Waals surface area contributed by atoms with Crippen LogP contribution in [0.15, 0.2) is 0 Å². The van der Waals surface area contributed by atoms with E-state index in [2.05, 4.69) is 24.1 Å². The molecule has 1 saturated carbocycles. The number of hydrogen-bond acceptors (Lipinski definition) is 2. The van der Waals surface area contributed by atoms with Gasteiger partial charge in [-0.05, 0) is 71.6 Å². The molecule has 2 rings (SSSR count). The zero-order chi connectivity index (χ0) is 10.0. The number of hydrogen-bond donors (Lipinski definition) is 1. The van der Waals surface area contributed by atoms with E-state index in [1.54, 1.807) is 0 Å². The minimum absolute atomic E-state index is 0.470. The van der Waals surface area contributed by atoms with Gasteiger partial charge in [0.15, 0.2) is 0 Å². The quantitative estimate of drug-likeness (QED) is 0.725. The summed E-state index contributed by atoms with van der Waals surface area (Å²) in [6.45, 7) is 9.88. The van der Waals surface area contributed by atoms with Gasteiger partial charge in [-0.2, -0.15) is 0 Å². The fourth-order valence-corrected chi connectivity index (χ4v) is 2.65. The van der Waals surface area contributed by atoms with Crippen molar-refractivity contribution in [3.05, 3.63) is 0 Å². The molecule has 0 aromatic carbocycles. The van der Waals surface area contributed by atoms with Crippen LogP contribution in [0.5, 0.6) is 0 Å². The molecule has 14 heavy (non-hydrogen) atoms. The van der Waals surface area contributed by atoms with Gasteiger partial charge < -0.3 is 5.32 Å². The average Bonchev–Trinajstić information content (AvgIpc) is 2.83. The third-order valence-electron chi connectivity index (χ3n) is 3.95. The van der Waals surface area contributed by atoms with E-state index in [4.69, 9.17) is 0 Å². The van der Waals surface area contributed by atoms with Gasteiger partial charge in [-0.15, -0.1) is 0 Å². The molecule has 0 aromatic heterocycles. The van der Waals surface area contributed by atoms with Gasteiger partial charge in [-0.1, -0.05) is 0 Å². The maximum atomic E-state index is 3.48. The number of nitrogens with zero attached hydrogens (tertiary/aromatic N) is 1. The van der Waals surface area contributed by atoms with Crippen LogP contribution in [0.3, 0.4) is 0 Å². The topological polar surface area (TPSA) is 15.3 Å². The largest absolute Gasteiger partial charge is 0.317 e. The number of rotatable bonds is 2. The Kier molecular flexibility index (Phi) is 3.13. The molecular weight excluding hydrogens is 172 g/mol. The highest BCUT2D eigenvalue weighted by Gasteiger charge is 2.41. The van der Waals surface area contributed by atoms with E-state index in [0.29, 0.717) is 5.54 Å². The predicted octanol–water partition coefficient (Wildman–Crippen LogP) is 1.86. The second kappa shape index (κ2) is 4.19. The molecule has 0 unspecified atom stereocenters. The lowest BCUT2D eigenvalue weighted by molar-refractivity contribution is 0.0910. The summed E-state index contributed by atoms with van der Waals surface area (Å²) in [6, 6.07) is 0. The third-order valence-corrected chi connectivity index (χ3v) is 3.95. The Hall–Kier alpha value is -0.0800. The van der Waals surface area contributed by atoms with E-state index in [-0.39, 0.29) is 0 Å². The lowest BCUT2D eigenvalue weighted by Crippen LogP contribution is -2.48. The maximum absolute atomic E-state index is 3.48. The van der Waals surface area contributed by atoms with Crippen LogP contribution in [-0.2, 0) is 0 Å². The predicted molar refractivity (Wildman–Crippen MR) is 60.5 cm³/mol. The molecule has 0 radical (unpaired) electrons. The summed E-state index contributed by atoms with van der Waals surface area (Å²) in [5, 5.41) is 3.48. The highest BCUT2D eigenvalue weighted by Crippen LogP contribution is 2.42. The van der Waals surface area contributed by atoms with Crippen molar-refractivity contribution in [2.24, 2.45) is 5.92 Å². The Bertz CT molecular complexity index is 177. The molecule has 1 saturated heterocycles. The molecule has 82 valence electrons. The van der Waals surface area contributed by atoms with Crippen molar-refractivity contribution in [2.45, 2.75) is 45.1 Å². The summed E-state index contributed by atoms with van der Waals surface area (Å²) < 4.78 is 0. The standard InChI is InChI=1S/C12H24N2/c1-12(2,11-5-6-11)14-9-3-7-13-8-4-10-14/h11,13H,3-10H2,1-2H3. The van der Waals surface area contributed by atoms with Gasteiger partial charge in [0.2, 0.25) is 0 Å². The van der Waals surface area contributed by atoms with Gasteiger partial charge in [0.25, 0.3) is 0 Å². The van der Waals surface area contributed by atoms with E-state index in [1.807, 2.05) is 0 Å². The molecule has 1 aliphatic carbocycles. The fourth-order valence-electron chi connectivity index (χ4n) is 2.65. The van der Waals surface area contributed by atoms with Crippen molar-refractivity contribution in [1.82, 2.24) is 10.2 Å². The Morgan fingerprint density at radius 3 is 2.14 bits per heavy atom. The first kappa shape index (κ1) is 10.4. The minimum atomic E-state index is 0.470. The molecule has 0 bridgehead atoms. The summed E-state index contributed by atoms with van der Waals surface area (Å²) >= 11 is 0. The van der Waals surface area contributed by atoms with Crippen LogP contribution in [-0.4, -0.2) is 36.6 Å². The summed E-state index contributed by atoms with van der Waals surface area (Å²) in [7, 11) is 0. The molecule has 0 spiro atoms. The van der Waals surface area contributed by atoms with Crippen LogP contribution in [0, 0.1) is 5.92 Å². The Balaban J connectivity index is 1.92. The molecular formula is C12H24N2. The minimum Gasteiger partial charge on any atom is -0.317 e. The van der Waals surface area contributed by atoms with E-state index in [1.165, 1.54) is 51.9 Å². The molecule has 2 heteroatoms. The van der Waals surface area contributed by atoms with Gasteiger partial charge in [-0.25, -0.2) is 0 Å². The highest BCUT2D eigenvalue weighted by atomic mass is 15.2. The van der Waals surface area contributed by atoms with E-state index >= 15 is 0 Å². The van der Waals surface area contributed by atoms with Gasteiger partial charge in [-0.3, -0.25) is 4.90 Å². The Morgan fingerprint density at radius 2 is 1.64 bits per heavy atom. The molecule has 2 fully saturated rings. The van der Waals surface area contributed by atoms with Crippen LogP contribution in [0.2, 0.25) is 0 Å². The van der Waals surface area contributed by atoms with Crippen molar-refractivity contribution in [1.29, 1.82) is 0 Å². The zero-order valence-corrected chi connectivity index (χ0v) is 9.68. The molecule has 0 atom stereocenters. The summed E-state index contributed by atoms with van der Waals surface area (Å²) in [5.41, 5.74) is 0.470. The lowest BCUT2D eigenvalue weighted by atomic mass is 9.95. The van der Waals surface area contributed by atoms with Gasteiger partial charge in [0.05, 0.1) is 0 Å². The van der Waals surface area contributed by atoms with Crippen molar-refractivity contribution in [3.63, 3.8) is 0 Å². The Labute approximate surface area is 88.1 Å². The van der Waals surface area contributed by atoms with Crippen LogP contribution < -0.4 is 5.32 Å². The van der Waals surface area contributed by atoms with Crippen LogP contribution in [0.4, 0.5) is 0 Å². The van der Waals surface area contributed by atoms with Crippen molar-refractivity contribution >= 4 is 0 Å². The Morgan fingerprint density at radius 1 is 1.07 bits per heavy atom. The van der Waals surface area contributed by atoms with E-state index in [0.717, 1.165) is 5.92 Å². The summed E-state index contributed by atoms with van der Waals surface area (Å²) in [4.78, 5) is 2.73. The molecule has 2 nitrogen and oxygen atoms in total. The normalized spacial score (nSPS) is 27.0. The fraction of sp³-hybridized carbons (Fsp3) is 1.00. The smallest absolute Gasteiger partial charge is 0.0181 e. The maximum Gasteiger partial charge on any atom is 0.0181 e. The molecule has 1 aliphatic heterocycles. The van der Waals surface area contributed by atoms with Crippen molar-refractivity contribution in [3.8, 4) is 0 Å². The van der Waals surface area contributed by atoms with E-state index in [9.17, 15) is 0 Å². The lowest BCUT2D eigenvalue weighted by Gasteiger charge is -2.40. The first-order chi connectivity index (χ1) is 6.71. The van der Waals surface area contributed by atoms with E-state index < -0.39 is 0 Å². The van der Waals surface area contributed by atoms with Crippen LogP contribution in [0.1, 0.15) is 39.5 Å². The van der Waals surface area contributed by atoms with Gasteiger partial charge >= 0.3 is 0 Å². The summed E-state index contributed by atoms with van der Waals surface area (Å²) in [5.74, 6) is 0.981. The zero-order valence-electron chi connectivity index (χ0n) is 9.68. The molecule has 0 amide bonds. The number of nitrogens with one attached hydrogen (secondary N) is 1. The van der Waals surface area contributed by atoms with Crippen molar-refractivity contribution in [2.75, 3.05) is 26.2 Å². The second-order valence-electron chi connectivity index (χ2n) is 5.37. The van der Waals surface area contributed by atoms with Crippen LogP contribution >= 0.6 is 0 Å². The monoisotopic (exact) mass is 196 g/mol.